The van der Waals surface area contributed by atoms with E-state index in [2.05, 4.69) is 30.6 Å². The van der Waals surface area contributed by atoms with Crippen molar-refractivity contribution < 1.29 is 0 Å². The third-order valence-corrected chi connectivity index (χ3v) is 4.92. The van der Waals surface area contributed by atoms with Crippen LogP contribution in [0.15, 0.2) is 0 Å². The zero-order valence-corrected chi connectivity index (χ0v) is 18.1. The van der Waals surface area contributed by atoms with Crippen molar-refractivity contribution in [2.45, 2.75) is 58.9 Å². The SMILES string of the molecule is CC(C)CC(=N)N(CCCN)CCC(N)CC(C)CCN(CCN)CCN. The summed E-state index contributed by atoms with van der Waals surface area (Å²) in [4.78, 5) is 4.51. The predicted molar refractivity (Wildman–Crippen MR) is 118 cm³/mol. The van der Waals surface area contributed by atoms with E-state index in [1.165, 1.54) is 0 Å². The van der Waals surface area contributed by atoms with Crippen molar-refractivity contribution in [3.63, 3.8) is 0 Å². The number of nitrogens with two attached hydrogens (primary N) is 4. The Labute approximate surface area is 167 Å². The zero-order chi connectivity index (χ0) is 20.7. The Kier molecular flexibility index (Phi) is 15.8. The molecule has 0 aromatic heterocycles. The van der Waals surface area contributed by atoms with Gasteiger partial charge in [0.25, 0.3) is 0 Å². The van der Waals surface area contributed by atoms with E-state index in [4.69, 9.17) is 28.3 Å². The molecule has 7 heteroatoms. The van der Waals surface area contributed by atoms with E-state index in [1.54, 1.807) is 0 Å². The van der Waals surface area contributed by atoms with Gasteiger partial charge in [-0.2, -0.15) is 0 Å². The van der Waals surface area contributed by atoms with E-state index in [1.807, 2.05) is 0 Å². The summed E-state index contributed by atoms with van der Waals surface area (Å²) in [5.74, 6) is 1.79. The molecule has 0 amide bonds. The maximum atomic E-state index is 8.35. The highest BCUT2D eigenvalue weighted by molar-refractivity contribution is 5.79. The van der Waals surface area contributed by atoms with Crippen LogP contribution in [-0.4, -0.2) is 74.0 Å². The number of nitrogens with one attached hydrogen (secondary N) is 1. The molecule has 0 rings (SSSR count). The van der Waals surface area contributed by atoms with Crippen LogP contribution >= 0.6 is 0 Å². The Bertz CT molecular complexity index is 356. The lowest BCUT2D eigenvalue weighted by molar-refractivity contribution is 0.258. The summed E-state index contributed by atoms with van der Waals surface area (Å²) >= 11 is 0. The summed E-state index contributed by atoms with van der Waals surface area (Å²) in [6.45, 7) is 13.2. The van der Waals surface area contributed by atoms with Crippen molar-refractivity contribution in [2.75, 3.05) is 52.4 Å². The number of rotatable bonds is 17. The van der Waals surface area contributed by atoms with Gasteiger partial charge in [0, 0.05) is 51.7 Å². The van der Waals surface area contributed by atoms with Crippen LogP contribution in [0.5, 0.6) is 0 Å². The van der Waals surface area contributed by atoms with Crippen LogP contribution < -0.4 is 22.9 Å². The fourth-order valence-corrected chi connectivity index (χ4v) is 3.36. The molecule has 2 unspecified atom stereocenters. The van der Waals surface area contributed by atoms with Crippen molar-refractivity contribution in [3.05, 3.63) is 0 Å². The van der Waals surface area contributed by atoms with Gasteiger partial charge in [-0.15, -0.1) is 0 Å². The minimum absolute atomic E-state index is 0.171. The number of nitrogens with zero attached hydrogens (tertiary/aromatic N) is 2. The lowest BCUT2D eigenvalue weighted by atomic mass is 9.96. The Morgan fingerprint density at radius 1 is 0.852 bits per heavy atom. The molecule has 0 saturated carbocycles. The van der Waals surface area contributed by atoms with Gasteiger partial charge in [0.1, 0.15) is 0 Å². The average molecular weight is 386 g/mol. The highest BCUT2D eigenvalue weighted by Gasteiger charge is 2.15. The molecule has 0 saturated heterocycles. The fourth-order valence-electron chi connectivity index (χ4n) is 3.36. The molecule has 0 aliphatic rings. The molecule has 7 nitrogen and oxygen atoms in total. The topological polar surface area (TPSA) is 134 Å². The van der Waals surface area contributed by atoms with E-state index in [9.17, 15) is 0 Å². The van der Waals surface area contributed by atoms with E-state index in [0.717, 1.165) is 70.7 Å². The number of hydrogen-bond donors (Lipinski definition) is 5. The van der Waals surface area contributed by atoms with E-state index in [0.29, 0.717) is 31.5 Å². The van der Waals surface area contributed by atoms with Crippen LogP contribution in [0, 0.1) is 17.2 Å². The third kappa shape index (κ3) is 14.0. The van der Waals surface area contributed by atoms with Crippen molar-refractivity contribution in [1.29, 1.82) is 5.41 Å². The normalized spacial score (nSPS) is 14.0. The van der Waals surface area contributed by atoms with Gasteiger partial charge in [0.2, 0.25) is 0 Å². The van der Waals surface area contributed by atoms with Gasteiger partial charge in [-0.05, 0) is 50.6 Å². The van der Waals surface area contributed by atoms with Gasteiger partial charge in [-0.25, -0.2) is 0 Å². The summed E-state index contributed by atoms with van der Waals surface area (Å²) in [6.07, 6.45) is 4.79. The molecule has 0 heterocycles. The first-order valence-corrected chi connectivity index (χ1v) is 10.7. The average Bonchev–Trinajstić information content (AvgIpc) is 2.59. The lowest BCUT2D eigenvalue weighted by Gasteiger charge is -2.28. The third-order valence-electron chi connectivity index (χ3n) is 4.92. The van der Waals surface area contributed by atoms with Crippen LogP contribution in [0.25, 0.3) is 0 Å². The first-order chi connectivity index (χ1) is 12.8. The van der Waals surface area contributed by atoms with Gasteiger partial charge in [0.05, 0.1) is 5.84 Å². The lowest BCUT2D eigenvalue weighted by Crippen LogP contribution is -2.38. The second-order valence-corrected chi connectivity index (χ2v) is 8.27. The molecule has 0 spiro atoms. The maximum Gasteiger partial charge on any atom is 0.0960 e. The van der Waals surface area contributed by atoms with Crippen LogP contribution in [0.2, 0.25) is 0 Å². The maximum absolute atomic E-state index is 8.35. The highest BCUT2D eigenvalue weighted by Crippen LogP contribution is 2.14. The van der Waals surface area contributed by atoms with E-state index in [-0.39, 0.29) is 6.04 Å². The van der Waals surface area contributed by atoms with Gasteiger partial charge in [-0.1, -0.05) is 20.8 Å². The molecule has 27 heavy (non-hydrogen) atoms. The second kappa shape index (κ2) is 16.2. The molecular weight excluding hydrogens is 338 g/mol. The smallest absolute Gasteiger partial charge is 0.0960 e. The molecule has 0 fully saturated rings. The minimum atomic E-state index is 0.171. The summed E-state index contributed by atoms with van der Waals surface area (Å²) in [5, 5.41) is 8.35. The van der Waals surface area contributed by atoms with Gasteiger partial charge in [0.15, 0.2) is 0 Å². The van der Waals surface area contributed by atoms with Crippen molar-refractivity contribution in [1.82, 2.24) is 9.80 Å². The van der Waals surface area contributed by atoms with Gasteiger partial charge >= 0.3 is 0 Å². The summed E-state index contributed by atoms with van der Waals surface area (Å²) < 4.78 is 0. The zero-order valence-electron chi connectivity index (χ0n) is 18.1. The molecule has 0 aliphatic heterocycles. The summed E-state index contributed by atoms with van der Waals surface area (Å²) in [5.41, 5.74) is 23.4. The van der Waals surface area contributed by atoms with Gasteiger partial charge < -0.3 is 32.7 Å². The predicted octanol–water partition coefficient (Wildman–Crippen LogP) is 1.01. The molecule has 0 aromatic rings. The molecule has 2 atom stereocenters. The molecule has 162 valence electrons. The summed E-state index contributed by atoms with van der Waals surface area (Å²) in [6, 6.07) is 0.171. The standard InChI is InChI=1S/C20H47N7/c1-17(2)15-20(25)27(10-4-7-21)12-6-19(24)16-18(3)5-11-26(13-8-22)14-9-23/h17-19,25H,4-16,21-24H2,1-3H3. The molecule has 0 aromatic carbocycles. The molecular formula is C20H47N7. The van der Waals surface area contributed by atoms with Crippen molar-refractivity contribution >= 4 is 5.84 Å². The minimum Gasteiger partial charge on any atom is -0.360 e. The molecule has 0 aliphatic carbocycles. The molecule has 0 bridgehead atoms. The Hall–Kier alpha value is -0.730. The highest BCUT2D eigenvalue weighted by atomic mass is 15.2. The Morgan fingerprint density at radius 2 is 1.48 bits per heavy atom. The van der Waals surface area contributed by atoms with Crippen molar-refractivity contribution in [2.24, 2.45) is 34.8 Å². The first kappa shape index (κ1) is 26.3. The van der Waals surface area contributed by atoms with Crippen LogP contribution in [0.4, 0.5) is 0 Å². The number of hydrogen-bond acceptors (Lipinski definition) is 6. The van der Waals surface area contributed by atoms with Crippen molar-refractivity contribution in [3.8, 4) is 0 Å². The monoisotopic (exact) mass is 385 g/mol. The second-order valence-electron chi connectivity index (χ2n) is 8.27. The largest absolute Gasteiger partial charge is 0.360 e. The number of amidine groups is 1. The molecule has 9 N–H and O–H groups in total. The van der Waals surface area contributed by atoms with Gasteiger partial charge in [-0.3, -0.25) is 5.41 Å². The quantitative estimate of drug-likeness (QED) is 0.187. The van der Waals surface area contributed by atoms with Crippen LogP contribution in [0.1, 0.15) is 52.9 Å². The Morgan fingerprint density at radius 3 is 2.00 bits per heavy atom. The van der Waals surface area contributed by atoms with E-state index >= 15 is 0 Å². The Balaban J connectivity index is 4.30. The first-order valence-electron chi connectivity index (χ1n) is 10.7. The molecule has 0 radical (unpaired) electrons. The van der Waals surface area contributed by atoms with E-state index < -0.39 is 0 Å². The fraction of sp³-hybridized carbons (Fsp3) is 0.950. The van der Waals surface area contributed by atoms with Crippen LogP contribution in [0.3, 0.4) is 0 Å². The van der Waals surface area contributed by atoms with Crippen LogP contribution in [-0.2, 0) is 0 Å². The summed E-state index contributed by atoms with van der Waals surface area (Å²) in [7, 11) is 0.